The third-order valence-corrected chi connectivity index (χ3v) is 5.92. The number of aromatic amines is 1. The zero-order chi connectivity index (χ0) is 19.8. The van der Waals surface area contributed by atoms with Crippen LogP contribution >= 0.6 is 23.2 Å². The molecule has 0 bridgehead atoms. The molecule has 0 saturated heterocycles. The number of hydrogen-bond acceptors (Lipinski definition) is 4. The van der Waals surface area contributed by atoms with Crippen LogP contribution in [0, 0.1) is 0 Å². The smallest absolute Gasteiger partial charge is 0.219 e. The van der Waals surface area contributed by atoms with Crippen LogP contribution in [0.1, 0.15) is 19.0 Å². The third kappa shape index (κ3) is 3.13. The maximum atomic E-state index is 12.0. The highest BCUT2D eigenvalue weighted by Crippen LogP contribution is 2.46. The molecule has 28 heavy (non-hydrogen) atoms. The molecular weight excluding hydrogens is 401 g/mol. The second kappa shape index (κ2) is 7.66. The van der Waals surface area contributed by atoms with Gasteiger partial charge in [-0.15, -0.1) is 0 Å². The number of amides is 1. The van der Waals surface area contributed by atoms with E-state index < -0.39 is 0 Å². The van der Waals surface area contributed by atoms with Crippen molar-refractivity contribution in [1.82, 2.24) is 19.7 Å². The quantitative estimate of drug-likeness (QED) is 0.550. The van der Waals surface area contributed by atoms with Crippen molar-refractivity contribution in [2.45, 2.75) is 26.4 Å². The molecule has 0 spiro atoms. The van der Waals surface area contributed by atoms with Crippen LogP contribution in [-0.4, -0.2) is 50.4 Å². The van der Waals surface area contributed by atoms with Gasteiger partial charge in [-0.05, 0) is 12.5 Å². The van der Waals surface area contributed by atoms with Gasteiger partial charge < -0.3 is 19.9 Å². The number of H-pyrrole nitrogens is 1. The first-order valence-corrected chi connectivity index (χ1v) is 9.91. The number of rotatable bonds is 5. The minimum Gasteiger partial charge on any atom is -0.396 e. The summed E-state index contributed by atoms with van der Waals surface area (Å²) in [5.74, 6) is 0.0417. The number of carbonyl (C=O) groups is 1. The highest BCUT2D eigenvalue weighted by molar-refractivity contribution is 6.46. The van der Waals surface area contributed by atoms with E-state index in [2.05, 4.69) is 20.1 Å². The van der Waals surface area contributed by atoms with Gasteiger partial charge in [-0.3, -0.25) is 9.89 Å². The van der Waals surface area contributed by atoms with Gasteiger partial charge in [0.15, 0.2) is 0 Å². The number of hydrogen-bond donors (Lipinski definition) is 3. The number of halogens is 2. The average molecular weight is 422 g/mol. The SMILES string of the molecule is CC(=O)N1CCn2c(c(-c3cn[nH]c3)c3c(NCCCO)cc(Cl)c(Cl)c32)C1. The molecule has 0 fully saturated rings. The highest BCUT2D eigenvalue weighted by Gasteiger charge is 2.29. The van der Waals surface area contributed by atoms with Crippen LogP contribution in [0.25, 0.3) is 22.0 Å². The molecule has 3 heterocycles. The zero-order valence-electron chi connectivity index (χ0n) is 15.4. The molecule has 148 valence electrons. The maximum Gasteiger partial charge on any atom is 0.219 e. The van der Waals surface area contributed by atoms with Crippen LogP contribution in [0.5, 0.6) is 0 Å². The lowest BCUT2D eigenvalue weighted by Gasteiger charge is -2.29. The Labute approximate surface area is 172 Å². The van der Waals surface area contributed by atoms with E-state index in [-0.39, 0.29) is 12.5 Å². The standard InChI is InChI=1S/C19H21Cl2N5O2/c1-11(28)25-4-5-26-15(10-25)16(12-8-23-24-9-12)17-14(22-3-2-6-27)7-13(20)18(21)19(17)26/h7-9,22,27H,2-6,10H2,1H3,(H,23,24). The van der Waals surface area contributed by atoms with Gasteiger partial charge in [0.1, 0.15) is 0 Å². The molecule has 3 aromatic rings. The van der Waals surface area contributed by atoms with Gasteiger partial charge in [0.05, 0.1) is 28.3 Å². The lowest BCUT2D eigenvalue weighted by atomic mass is 10.0. The van der Waals surface area contributed by atoms with Crippen LogP contribution in [0.3, 0.4) is 0 Å². The van der Waals surface area contributed by atoms with Crippen LogP contribution in [0.2, 0.25) is 10.0 Å². The molecule has 3 N–H and O–H groups in total. The fourth-order valence-corrected chi connectivity index (χ4v) is 4.28. The Morgan fingerprint density at radius 3 is 2.89 bits per heavy atom. The highest BCUT2D eigenvalue weighted by atomic mass is 35.5. The van der Waals surface area contributed by atoms with Gasteiger partial charge >= 0.3 is 0 Å². The van der Waals surface area contributed by atoms with Crippen LogP contribution in [0.4, 0.5) is 5.69 Å². The molecule has 0 aliphatic carbocycles. The van der Waals surface area contributed by atoms with Crippen molar-refractivity contribution in [3.05, 3.63) is 34.2 Å². The minimum absolute atomic E-state index is 0.0417. The van der Waals surface area contributed by atoms with Crippen molar-refractivity contribution in [2.24, 2.45) is 0 Å². The number of benzene rings is 1. The summed E-state index contributed by atoms with van der Waals surface area (Å²) in [4.78, 5) is 13.8. The van der Waals surface area contributed by atoms with E-state index in [9.17, 15) is 4.79 Å². The molecule has 0 unspecified atom stereocenters. The number of anilines is 1. The van der Waals surface area contributed by atoms with E-state index in [0.29, 0.717) is 42.6 Å². The normalized spacial score (nSPS) is 13.8. The van der Waals surface area contributed by atoms with Crippen LogP contribution in [0.15, 0.2) is 18.5 Å². The first kappa shape index (κ1) is 19.1. The van der Waals surface area contributed by atoms with Gasteiger partial charge in [-0.25, -0.2) is 0 Å². The van der Waals surface area contributed by atoms with Crippen molar-refractivity contribution in [3.8, 4) is 11.1 Å². The topological polar surface area (TPSA) is 86.2 Å². The predicted molar refractivity (Wildman–Crippen MR) is 111 cm³/mol. The van der Waals surface area contributed by atoms with Crippen molar-refractivity contribution in [3.63, 3.8) is 0 Å². The summed E-state index contributed by atoms with van der Waals surface area (Å²) in [6.07, 6.45) is 4.22. The summed E-state index contributed by atoms with van der Waals surface area (Å²) in [5.41, 5.74) is 4.63. The molecule has 0 radical (unpaired) electrons. The summed E-state index contributed by atoms with van der Waals surface area (Å²) in [5, 5.41) is 21.4. The third-order valence-electron chi connectivity index (χ3n) is 5.15. The largest absolute Gasteiger partial charge is 0.396 e. The number of nitrogens with zero attached hydrogens (tertiary/aromatic N) is 3. The zero-order valence-corrected chi connectivity index (χ0v) is 16.9. The first-order valence-electron chi connectivity index (χ1n) is 9.15. The van der Waals surface area contributed by atoms with Gasteiger partial charge in [-0.2, -0.15) is 5.10 Å². The Morgan fingerprint density at radius 1 is 1.39 bits per heavy atom. The minimum atomic E-state index is 0.0417. The fraction of sp³-hybridized carbons (Fsp3) is 0.368. The summed E-state index contributed by atoms with van der Waals surface area (Å²) in [7, 11) is 0. The van der Waals surface area contributed by atoms with Crippen molar-refractivity contribution in [1.29, 1.82) is 0 Å². The lowest BCUT2D eigenvalue weighted by molar-refractivity contribution is -0.130. The van der Waals surface area contributed by atoms with Gasteiger partial charge in [-0.1, -0.05) is 23.2 Å². The van der Waals surface area contributed by atoms with Crippen LogP contribution < -0.4 is 5.32 Å². The second-order valence-corrected chi connectivity index (χ2v) is 7.63. The molecule has 0 saturated carbocycles. The Morgan fingerprint density at radius 2 is 2.21 bits per heavy atom. The molecule has 0 atom stereocenters. The fourth-order valence-electron chi connectivity index (χ4n) is 3.83. The molecule has 1 aliphatic rings. The Hall–Kier alpha value is -2.22. The van der Waals surface area contributed by atoms with E-state index in [1.807, 2.05) is 17.2 Å². The molecule has 1 aromatic carbocycles. The Balaban J connectivity index is 2.00. The predicted octanol–water partition coefficient (Wildman–Crippen LogP) is 3.49. The number of aromatic nitrogens is 3. The summed E-state index contributed by atoms with van der Waals surface area (Å²) in [6, 6.07) is 1.82. The lowest BCUT2D eigenvalue weighted by Crippen LogP contribution is -2.36. The molecule has 4 rings (SSSR count). The number of nitrogens with one attached hydrogen (secondary N) is 2. The van der Waals surface area contributed by atoms with Gasteiger partial charge in [0.25, 0.3) is 0 Å². The van der Waals surface area contributed by atoms with Gasteiger partial charge in [0, 0.05) is 67.3 Å². The van der Waals surface area contributed by atoms with Crippen molar-refractivity contribution < 1.29 is 9.90 Å². The number of aliphatic hydroxyl groups is 1. The van der Waals surface area contributed by atoms with Gasteiger partial charge in [0.2, 0.25) is 5.91 Å². The maximum absolute atomic E-state index is 12.0. The summed E-state index contributed by atoms with van der Waals surface area (Å²) < 4.78 is 2.16. The summed E-state index contributed by atoms with van der Waals surface area (Å²) >= 11 is 13.1. The second-order valence-electron chi connectivity index (χ2n) is 6.85. The monoisotopic (exact) mass is 421 g/mol. The first-order chi connectivity index (χ1) is 13.5. The molecule has 1 aliphatic heterocycles. The van der Waals surface area contributed by atoms with E-state index in [0.717, 1.165) is 33.4 Å². The number of aliphatic hydroxyl groups excluding tert-OH is 1. The van der Waals surface area contributed by atoms with Crippen molar-refractivity contribution in [2.75, 3.05) is 25.0 Å². The molecule has 9 heteroatoms. The number of fused-ring (bicyclic) bond motifs is 3. The van der Waals surface area contributed by atoms with Crippen molar-refractivity contribution >= 4 is 45.7 Å². The number of carbonyl (C=O) groups excluding carboxylic acids is 1. The van der Waals surface area contributed by atoms with Crippen LogP contribution in [-0.2, 0) is 17.9 Å². The van der Waals surface area contributed by atoms with E-state index in [1.54, 1.807) is 13.1 Å². The molecular formula is C19H21Cl2N5O2. The molecule has 7 nitrogen and oxygen atoms in total. The van der Waals surface area contributed by atoms with E-state index in [4.69, 9.17) is 28.3 Å². The Kier molecular flexibility index (Phi) is 5.23. The molecule has 1 amide bonds. The van der Waals surface area contributed by atoms with E-state index >= 15 is 0 Å². The average Bonchev–Trinajstić information content (AvgIpc) is 3.31. The molecule has 2 aromatic heterocycles. The van der Waals surface area contributed by atoms with E-state index in [1.165, 1.54) is 0 Å². The Bertz CT molecular complexity index is 1030. The summed E-state index contributed by atoms with van der Waals surface area (Å²) in [6.45, 7) is 4.04.